The Labute approximate surface area is 150 Å². The van der Waals surface area contributed by atoms with Gasteiger partial charge in [0.15, 0.2) is 8.32 Å². The van der Waals surface area contributed by atoms with Crippen LogP contribution in [0.15, 0.2) is 12.2 Å². The van der Waals surface area contributed by atoms with Gasteiger partial charge in [0.25, 0.3) is 0 Å². The molecule has 1 aliphatic heterocycles. The van der Waals surface area contributed by atoms with Crippen LogP contribution < -0.4 is 0 Å². The SMILES string of the molecule is CCCCCC[C@H]1CC(=O)C[C@@H](/C=C/CO[Si](C)(C)C(C)(C)C)O1. The third-order valence-electron chi connectivity index (χ3n) is 5.33. The second kappa shape index (κ2) is 9.88. The highest BCUT2D eigenvalue weighted by Gasteiger charge is 2.36. The van der Waals surface area contributed by atoms with Gasteiger partial charge in [-0.15, -0.1) is 0 Å². The fourth-order valence-electron chi connectivity index (χ4n) is 2.67. The molecule has 0 amide bonds. The van der Waals surface area contributed by atoms with Crippen molar-refractivity contribution < 1.29 is 14.0 Å². The van der Waals surface area contributed by atoms with Gasteiger partial charge in [0, 0.05) is 12.8 Å². The molecule has 0 aromatic heterocycles. The molecule has 0 aromatic carbocycles. The van der Waals surface area contributed by atoms with Crippen LogP contribution >= 0.6 is 0 Å². The molecule has 0 spiro atoms. The minimum Gasteiger partial charge on any atom is -0.413 e. The van der Waals surface area contributed by atoms with Gasteiger partial charge in [-0.2, -0.15) is 0 Å². The van der Waals surface area contributed by atoms with Crippen LogP contribution in [-0.2, 0) is 14.0 Å². The number of unbranched alkanes of at least 4 members (excludes halogenated alkanes) is 3. The summed E-state index contributed by atoms with van der Waals surface area (Å²) in [4.78, 5) is 12.0. The van der Waals surface area contributed by atoms with E-state index in [1.165, 1.54) is 19.3 Å². The first-order valence-corrected chi connectivity index (χ1v) is 12.5. The monoisotopic (exact) mass is 354 g/mol. The van der Waals surface area contributed by atoms with Crippen LogP contribution in [0.3, 0.4) is 0 Å². The van der Waals surface area contributed by atoms with Crippen LogP contribution in [-0.4, -0.2) is 32.9 Å². The maximum atomic E-state index is 12.0. The van der Waals surface area contributed by atoms with Crippen molar-refractivity contribution >= 4 is 14.1 Å². The van der Waals surface area contributed by atoms with Gasteiger partial charge in [0.2, 0.25) is 0 Å². The van der Waals surface area contributed by atoms with Crippen molar-refractivity contribution in [2.45, 2.75) is 103 Å². The molecule has 0 aliphatic carbocycles. The van der Waals surface area contributed by atoms with Gasteiger partial charge < -0.3 is 9.16 Å². The molecule has 0 aromatic rings. The quantitative estimate of drug-likeness (QED) is 0.305. The van der Waals surface area contributed by atoms with Gasteiger partial charge in [0.05, 0.1) is 18.8 Å². The van der Waals surface area contributed by atoms with Crippen LogP contribution in [0, 0.1) is 0 Å². The summed E-state index contributed by atoms with van der Waals surface area (Å²) in [5.41, 5.74) is 0. The Kier molecular flexibility index (Phi) is 8.89. The van der Waals surface area contributed by atoms with Crippen molar-refractivity contribution in [1.29, 1.82) is 0 Å². The maximum Gasteiger partial charge on any atom is 0.192 e. The largest absolute Gasteiger partial charge is 0.413 e. The molecular weight excluding hydrogens is 316 g/mol. The van der Waals surface area contributed by atoms with Gasteiger partial charge in [0.1, 0.15) is 5.78 Å². The summed E-state index contributed by atoms with van der Waals surface area (Å²) in [5, 5.41) is 0.224. The number of hydrogen-bond donors (Lipinski definition) is 0. The summed E-state index contributed by atoms with van der Waals surface area (Å²) >= 11 is 0. The topological polar surface area (TPSA) is 35.5 Å². The fourth-order valence-corrected chi connectivity index (χ4v) is 3.61. The zero-order valence-electron chi connectivity index (χ0n) is 16.7. The highest BCUT2D eigenvalue weighted by molar-refractivity contribution is 6.74. The van der Waals surface area contributed by atoms with E-state index in [1.807, 2.05) is 12.2 Å². The smallest absolute Gasteiger partial charge is 0.192 e. The van der Waals surface area contributed by atoms with E-state index in [9.17, 15) is 4.79 Å². The predicted molar refractivity (Wildman–Crippen MR) is 104 cm³/mol. The molecule has 1 rings (SSSR count). The second-order valence-corrected chi connectivity index (χ2v) is 13.4. The molecule has 1 saturated heterocycles. The summed E-state index contributed by atoms with van der Waals surface area (Å²) in [6, 6.07) is 0. The molecule has 3 nitrogen and oxygen atoms in total. The molecule has 2 atom stereocenters. The molecule has 1 heterocycles. The minimum atomic E-state index is -1.70. The van der Waals surface area contributed by atoms with E-state index in [0.29, 0.717) is 25.2 Å². The molecule has 0 radical (unpaired) electrons. The number of ketones is 1. The number of hydrogen-bond acceptors (Lipinski definition) is 3. The number of Topliss-reactive ketones (excluding diaryl/α,β-unsaturated/α-hetero) is 1. The van der Waals surface area contributed by atoms with Crippen LogP contribution in [0.1, 0.15) is 72.6 Å². The first-order chi connectivity index (χ1) is 11.2. The van der Waals surface area contributed by atoms with Crippen molar-refractivity contribution in [3.63, 3.8) is 0 Å². The summed E-state index contributed by atoms with van der Waals surface area (Å²) in [5.74, 6) is 0.335. The molecule has 1 fully saturated rings. The van der Waals surface area contributed by atoms with Gasteiger partial charge in [-0.05, 0) is 24.6 Å². The Morgan fingerprint density at radius 3 is 2.54 bits per heavy atom. The fraction of sp³-hybridized carbons (Fsp3) is 0.850. The zero-order valence-corrected chi connectivity index (χ0v) is 17.7. The van der Waals surface area contributed by atoms with Crippen LogP contribution in [0.2, 0.25) is 18.1 Å². The third-order valence-corrected chi connectivity index (χ3v) is 9.83. The Bertz CT molecular complexity index is 410. The zero-order chi connectivity index (χ0) is 18.2. The highest BCUT2D eigenvalue weighted by Crippen LogP contribution is 2.36. The van der Waals surface area contributed by atoms with E-state index in [4.69, 9.17) is 9.16 Å². The summed E-state index contributed by atoms with van der Waals surface area (Å²) in [7, 11) is -1.70. The molecule has 24 heavy (non-hydrogen) atoms. The molecule has 140 valence electrons. The molecule has 0 bridgehead atoms. The Morgan fingerprint density at radius 1 is 1.21 bits per heavy atom. The van der Waals surface area contributed by atoms with Gasteiger partial charge >= 0.3 is 0 Å². The normalized spacial score (nSPS) is 23.2. The van der Waals surface area contributed by atoms with Gasteiger partial charge in [-0.3, -0.25) is 4.79 Å². The van der Waals surface area contributed by atoms with E-state index in [1.54, 1.807) is 0 Å². The average molecular weight is 355 g/mol. The Morgan fingerprint density at radius 2 is 1.92 bits per heavy atom. The van der Waals surface area contributed by atoms with E-state index in [-0.39, 0.29) is 17.2 Å². The summed E-state index contributed by atoms with van der Waals surface area (Å²) in [6.07, 6.45) is 11.2. The van der Waals surface area contributed by atoms with Crippen LogP contribution in [0.5, 0.6) is 0 Å². The Balaban J connectivity index is 2.39. The first-order valence-electron chi connectivity index (χ1n) is 9.63. The van der Waals surface area contributed by atoms with Gasteiger partial charge in [-0.25, -0.2) is 0 Å². The van der Waals surface area contributed by atoms with E-state index in [2.05, 4.69) is 40.8 Å². The first kappa shape index (κ1) is 21.6. The molecular formula is C20H38O3Si. The molecule has 0 N–H and O–H groups in total. The number of ether oxygens (including phenoxy) is 1. The van der Waals surface area contributed by atoms with Crippen LogP contribution in [0.4, 0.5) is 0 Å². The molecule has 0 saturated carbocycles. The lowest BCUT2D eigenvalue weighted by Gasteiger charge is -2.35. The number of carbonyl (C=O) groups excluding carboxylic acids is 1. The van der Waals surface area contributed by atoms with E-state index < -0.39 is 8.32 Å². The van der Waals surface area contributed by atoms with E-state index in [0.717, 1.165) is 12.8 Å². The standard InChI is InChI=1S/C20H38O3Si/c1-7-8-9-10-12-18-15-17(21)16-19(23-18)13-11-14-22-24(5,6)20(2,3)4/h11,13,18-19H,7-10,12,14-16H2,1-6H3/b13-11+/t18-,19+/m0/s1. The lowest BCUT2D eigenvalue weighted by molar-refractivity contribution is -0.132. The summed E-state index contributed by atoms with van der Waals surface area (Å²) in [6.45, 7) is 14.1. The van der Waals surface area contributed by atoms with Crippen molar-refractivity contribution in [3.8, 4) is 0 Å². The minimum absolute atomic E-state index is 0.0644. The lowest BCUT2D eigenvalue weighted by Crippen LogP contribution is -2.40. The van der Waals surface area contributed by atoms with Gasteiger partial charge in [-0.1, -0.05) is 65.5 Å². The molecule has 4 heteroatoms. The Hall–Kier alpha value is -0.453. The second-order valence-electron chi connectivity index (χ2n) is 8.59. The lowest BCUT2D eigenvalue weighted by atomic mass is 9.98. The van der Waals surface area contributed by atoms with Crippen molar-refractivity contribution in [1.82, 2.24) is 0 Å². The average Bonchev–Trinajstić information content (AvgIpc) is 2.46. The molecule has 0 unspecified atom stereocenters. The highest BCUT2D eigenvalue weighted by atomic mass is 28.4. The number of rotatable bonds is 9. The molecule has 1 aliphatic rings. The van der Waals surface area contributed by atoms with Crippen molar-refractivity contribution in [3.05, 3.63) is 12.2 Å². The summed E-state index contributed by atoms with van der Waals surface area (Å²) < 4.78 is 12.2. The van der Waals surface area contributed by atoms with E-state index >= 15 is 0 Å². The maximum absolute atomic E-state index is 12.0. The van der Waals surface area contributed by atoms with Crippen LogP contribution in [0.25, 0.3) is 0 Å². The van der Waals surface area contributed by atoms with Crippen molar-refractivity contribution in [2.75, 3.05) is 6.61 Å². The third kappa shape index (κ3) is 7.62. The number of carbonyl (C=O) groups is 1. The van der Waals surface area contributed by atoms with Crippen molar-refractivity contribution in [2.24, 2.45) is 0 Å². The predicted octanol–water partition coefficient (Wildman–Crippen LogP) is 5.65.